The van der Waals surface area contributed by atoms with E-state index in [0.29, 0.717) is 57.3 Å². The quantitative estimate of drug-likeness (QED) is 0.306. The van der Waals surface area contributed by atoms with E-state index in [4.69, 9.17) is 4.74 Å². The molecule has 1 saturated heterocycles. The predicted molar refractivity (Wildman–Crippen MR) is 146 cm³/mol. The van der Waals surface area contributed by atoms with Crippen LogP contribution in [-0.4, -0.2) is 61.8 Å². The smallest absolute Gasteiger partial charge is 0.309 e. The number of likely N-dealkylation sites (tertiary alicyclic amines) is 1. The Labute approximate surface area is 227 Å². The van der Waals surface area contributed by atoms with Crippen LogP contribution in [0.25, 0.3) is 10.9 Å². The van der Waals surface area contributed by atoms with Crippen LogP contribution in [0.5, 0.6) is 5.75 Å². The topological polar surface area (TPSA) is 65.9 Å². The number of benzene rings is 2. The van der Waals surface area contributed by atoms with Crippen molar-refractivity contribution in [1.82, 2.24) is 9.88 Å². The summed E-state index contributed by atoms with van der Waals surface area (Å²) in [7, 11) is 5.59. The summed E-state index contributed by atoms with van der Waals surface area (Å²) in [4.78, 5) is 21.3. The number of aliphatic carboxylic acids is 1. The van der Waals surface area contributed by atoms with Gasteiger partial charge in [0.15, 0.2) is 17.5 Å². The molecule has 0 saturated carbocycles. The summed E-state index contributed by atoms with van der Waals surface area (Å²) in [6.45, 7) is 1.99. The fourth-order valence-electron chi connectivity index (χ4n) is 5.63. The van der Waals surface area contributed by atoms with Gasteiger partial charge in [0.2, 0.25) is 0 Å². The van der Waals surface area contributed by atoms with Gasteiger partial charge in [-0.3, -0.25) is 9.78 Å². The Morgan fingerprint density at radius 2 is 1.77 bits per heavy atom. The molecular formula is C30H36F3N3O3. The van der Waals surface area contributed by atoms with Crippen molar-refractivity contribution in [1.29, 1.82) is 0 Å². The summed E-state index contributed by atoms with van der Waals surface area (Å²) in [5.74, 6) is -3.80. The molecule has 39 heavy (non-hydrogen) atoms. The van der Waals surface area contributed by atoms with E-state index < -0.39 is 28.8 Å². The molecule has 0 atom stereocenters. The second-order valence-electron chi connectivity index (χ2n) is 10.7. The Kier molecular flexibility index (Phi) is 9.00. The van der Waals surface area contributed by atoms with Gasteiger partial charge in [-0.15, -0.1) is 0 Å². The number of hydrogen-bond donors (Lipinski definition) is 1. The SMILES string of the molecule is COc1ccc2ncc(N(C)C)c(CCCC3(C(=O)O)CCN(CCCc4cc(F)c(F)c(F)c4)CC3)c2c1. The lowest BCUT2D eigenvalue weighted by molar-refractivity contribution is -0.152. The molecule has 1 fully saturated rings. The number of halogens is 3. The van der Waals surface area contributed by atoms with Crippen LogP contribution in [0, 0.1) is 22.9 Å². The number of carbonyl (C=O) groups is 1. The molecule has 1 aliphatic rings. The van der Waals surface area contributed by atoms with E-state index in [1.807, 2.05) is 43.4 Å². The van der Waals surface area contributed by atoms with Crippen molar-refractivity contribution in [3.63, 3.8) is 0 Å². The number of piperidine rings is 1. The third-order valence-electron chi connectivity index (χ3n) is 7.98. The molecule has 1 aromatic heterocycles. The molecule has 0 bridgehead atoms. The number of aromatic nitrogens is 1. The van der Waals surface area contributed by atoms with Gasteiger partial charge in [-0.05, 0) is 106 Å². The highest BCUT2D eigenvalue weighted by Gasteiger charge is 2.40. The molecular weight excluding hydrogens is 507 g/mol. The lowest BCUT2D eigenvalue weighted by atomic mass is 9.74. The highest BCUT2D eigenvalue weighted by molar-refractivity contribution is 5.88. The van der Waals surface area contributed by atoms with Crippen molar-refractivity contribution >= 4 is 22.6 Å². The summed E-state index contributed by atoms with van der Waals surface area (Å²) < 4.78 is 45.6. The summed E-state index contributed by atoms with van der Waals surface area (Å²) in [6.07, 6.45) is 6.06. The summed E-state index contributed by atoms with van der Waals surface area (Å²) in [5.41, 5.74) is 2.66. The van der Waals surface area contributed by atoms with Gasteiger partial charge in [-0.25, -0.2) is 13.2 Å². The largest absolute Gasteiger partial charge is 0.497 e. The van der Waals surface area contributed by atoms with Crippen LogP contribution in [0.2, 0.25) is 0 Å². The average molecular weight is 544 g/mol. The van der Waals surface area contributed by atoms with Crippen LogP contribution in [0.3, 0.4) is 0 Å². The van der Waals surface area contributed by atoms with E-state index in [9.17, 15) is 23.1 Å². The fourth-order valence-corrected chi connectivity index (χ4v) is 5.63. The van der Waals surface area contributed by atoms with Crippen molar-refractivity contribution in [2.45, 2.75) is 44.9 Å². The van der Waals surface area contributed by atoms with Crippen LogP contribution in [0.1, 0.15) is 43.2 Å². The first-order valence-electron chi connectivity index (χ1n) is 13.4. The molecule has 0 aliphatic carbocycles. The normalized spacial score (nSPS) is 15.4. The van der Waals surface area contributed by atoms with Crippen LogP contribution < -0.4 is 9.64 Å². The monoisotopic (exact) mass is 543 g/mol. The van der Waals surface area contributed by atoms with Crippen molar-refractivity contribution in [2.75, 3.05) is 45.7 Å². The van der Waals surface area contributed by atoms with Gasteiger partial charge < -0.3 is 19.6 Å². The Bertz CT molecular complexity index is 1300. The molecule has 3 aromatic rings. The maximum absolute atomic E-state index is 13.5. The fraction of sp³-hybridized carbons (Fsp3) is 0.467. The van der Waals surface area contributed by atoms with Crippen molar-refractivity contribution in [2.24, 2.45) is 5.41 Å². The number of aryl methyl sites for hydroxylation is 2. The Balaban J connectivity index is 1.36. The molecule has 9 heteroatoms. The van der Waals surface area contributed by atoms with Gasteiger partial charge in [0.05, 0.1) is 29.9 Å². The first-order valence-corrected chi connectivity index (χ1v) is 13.4. The number of fused-ring (bicyclic) bond motifs is 1. The number of ether oxygens (including phenoxy) is 1. The van der Waals surface area contributed by atoms with Crippen LogP contribution >= 0.6 is 0 Å². The lowest BCUT2D eigenvalue weighted by Gasteiger charge is -2.39. The van der Waals surface area contributed by atoms with E-state index in [2.05, 4.69) is 9.88 Å². The molecule has 1 aliphatic heterocycles. The third kappa shape index (κ3) is 6.46. The molecule has 1 N–H and O–H groups in total. The minimum Gasteiger partial charge on any atom is -0.497 e. The van der Waals surface area contributed by atoms with E-state index in [0.717, 1.165) is 52.9 Å². The molecule has 0 spiro atoms. The molecule has 6 nitrogen and oxygen atoms in total. The zero-order chi connectivity index (χ0) is 28.2. The predicted octanol–water partition coefficient (Wildman–Crippen LogP) is 5.85. The second-order valence-corrected chi connectivity index (χ2v) is 10.7. The molecule has 0 unspecified atom stereocenters. The van der Waals surface area contributed by atoms with E-state index >= 15 is 0 Å². The van der Waals surface area contributed by atoms with E-state index in [1.54, 1.807) is 7.11 Å². The molecule has 0 amide bonds. The van der Waals surface area contributed by atoms with Crippen molar-refractivity contribution in [3.05, 3.63) is 65.1 Å². The maximum atomic E-state index is 13.5. The Morgan fingerprint density at radius 1 is 1.08 bits per heavy atom. The number of rotatable bonds is 11. The Hall–Kier alpha value is -3.33. The highest BCUT2D eigenvalue weighted by Crippen LogP contribution is 2.38. The number of carboxylic acids is 1. The first kappa shape index (κ1) is 28.7. The summed E-state index contributed by atoms with van der Waals surface area (Å²) in [6, 6.07) is 7.89. The van der Waals surface area contributed by atoms with Crippen LogP contribution in [-0.2, 0) is 17.6 Å². The zero-order valence-electron chi connectivity index (χ0n) is 22.8. The van der Waals surface area contributed by atoms with Crippen molar-refractivity contribution < 1.29 is 27.8 Å². The minimum atomic E-state index is -1.45. The van der Waals surface area contributed by atoms with Gasteiger partial charge in [0.25, 0.3) is 0 Å². The third-order valence-corrected chi connectivity index (χ3v) is 7.98. The zero-order valence-corrected chi connectivity index (χ0v) is 22.8. The summed E-state index contributed by atoms with van der Waals surface area (Å²) in [5, 5.41) is 11.2. The second kappa shape index (κ2) is 12.2. The lowest BCUT2D eigenvalue weighted by Crippen LogP contribution is -2.44. The minimum absolute atomic E-state index is 0.418. The number of hydrogen-bond acceptors (Lipinski definition) is 5. The van der Waals surface area contributed by atoms with E-state index in [1.165, 1.54) is 0 Å². The number of methoxy groups -OCH3 is 1. The van der Waals surface area contributed by atoms with Crippen LogP contribution in [0.4, 0.5) is 18.9 Å². The first-order chi connectivity index (χ1) is 18.6. The van der Waals surface area contributed by atoms with Gasteiger partial charge in [0, 0.05) is 19.5 Å². The van der Waals surface area contributed by atoms with Crippen LogP contribution in [0.15, 0.2) is 36.5 Å². The molecule has 2 aromatic carbocycles. The maximum Gasteiger partial charge on any atom is 0.309 e. The number of anilines is 1. The summed E-state index contributed by atoms with van der Waals surface area (Å²) >= 11 is 0. The molecule has 210 valence electrons. The van der Waals surface area contributed by atoms with Gasteiger partial charge >= 0.3 is 5.97 Å². The van der Waals surface area contributed by atoms with Gasteiger partial charge in [-0.1, -0.05) is 0 Å². The van der Waals surface area contributed by atoms with Crippen molar-refractivity contribution in [3.8, 4) is 5.75 Å². The van der Waals surface area contributed by atoms with Gasteiger partial charge in [0.1, 0.15) is 5.75 Å². The van der Waals surface area contributed by atoms with Gasteiger partial charge in [-0.2, -0.15) is 0 Å². The number of pyridine rings is 1. The Morgan fingerprint density at radius 3 is 2.38 bits per heavy atom. The molecule has 0 radical (unpaired) electrons. The number of nitrogens with zero attached hydrogens (tertiary/aromatic N) is 3. The number of carboxylic acid groups (broad SMARTS) is 1. The molecule has 4 rings (SSSR count). The highest BCUT2D eigenvalue weighted by atomic mass is 19.2. The standard InChI is InChI=1S/C30H36F3N3O3/c1-35(2)27-19-34-26-9-8-21(39-3)18-23(26)22(27)7-4-10-30(29(37)38)11-14-36(15-12-30)13-5-6-20-16-24(31)28(33)25(32)17-20/h8-9,16-19H,4-7,10-15H2,1-3H3,(H,37,38). The molecule has 2 heterocycles. The average Bonchev–Trinajstić information content (AvgIpc) is 2.92. The van der Waals surface area contributed by atoms with E-state index in [-0.39, 0.29) is 0 Å².